The third-order valence-electron chi connectivity index (χ3n) is 3.97. The van der Waals surface area contributed by atoms with E-state index in [-0.39, 0.29) is 11.3 Å². The molecule has 0 heterocycles. The quantitative estimate of drug-likeness (QED) is 0.584. The summed E-state index contributed by atoms with van der Waals surface area (Å²) < 4.78 is 17.5. The number of benzene rings is 2. The van der Waals surface area contributed by atoms with Gasteiger partial charge in [-0.15, -0.1) is 0 Å². The van der Waals surface area contributed by atoms with E-state index in [0.29, 0.717) is 12.4 Å². The predicted octanol–water partition coefficient (Wildman–Crippen LogP) is 4.67. The lowest BCUT2D eigenvalue weighted by molar-refractivity contribution is -0.0685. The van der Waals surface area contributed by atoms with E-state index < -0.39 is 5.60 Å². The molecule has 0 N–H and O–H groups in total. The molecule has 0 spiro atoms. The first kappa shape index (κ1) is 16.7. The zero-order valence-corrected chi connectivity index (χ0v) is 14.4. The molecule has 2 aromatic carbocycles. The van der Waals surface area contributed by atoms with Gasteiger partial charge in [-0.3, -0.25) is 0 Å². The van der Waals surface area contributed by atoms with Gasteiger partial charge in [0.2, 0.25) is 0 Å². The van der Waals surface area contributed by atoms with Crippen LogP contribution >= 0.6 is 12.2 Å². The highest BCUT2D eigenvalue weighted by Crippen LogP contribution is 2.31. The molecule has 24 heavy (non-hydrogen) atoms. The Morgan fingerprint density at radius 1 is 1.08 bits per heavy atom. The molecule has 1 aliphatic carbocycles. The molecular weight excluding hydrogens is 320 g/mol. The van der Waals surface area contributed by atoms with Crippen molar-refractivity contribution in [2.24, 2.45) is 0 Å². The van der Waals surface area contributed by atoms with Gasteiger partial charge in [-0.05, 0) is 24.6 Å². The van der Waals surface area contributed by atoms with Crippen LogP contribution in [0, 0.1) is 0 Å². The fraction of sp³-hybridized carbons (Fsp3) is 0.250. The van der Waals surface area contributed by atoms with Crippen LogP contribution in [0.4, 0.5) is 0 Å². The second kappa shape index (κ2) is 7.60. The van der Waals surface area contributed by atoms with Crippen LogP contribution in [0.5, 0.6) is 5.75 Å². The molecule has 0 amide bonds. The van der Waals surface area contributed by atoms with Gasteiger partial charge in [-0.1, -0.05) is 60.7 Å². The molecule has 3 nitrogen and oxygen atoms in total. The summed E-state index contributed by atoms with van der Waals surface area (Å²) >= 11 is 5.25. The van der Waals surface area contributed by atoms with Crippen LogP contribution in [-0.2, 0) is 16.1 Å². The van der Waals surface area contributed by atoms with Crippen molar-refractivity contribution < 1.29 is 14.2 Å². The smallest absolute Gasteiger partial charge is 0.358 e. The lowest BCUT2D eigenvalue weighted by Crippen LogP contribution is -2.41. The van der Waals surface area contributed by atoms with Crippen molar-refractivity contribution in [3.8, 4) is 5.75 Å². The Morgan fingerprint density at radius 2 is 1.75 bits per heavy atom. The van der Waals surface area contributed by atoms with Crippen LogP contribution in [0.15, 0.2) is 72.8 Å². The number of hydrogen-bond donors (Lipinski definition) is 0. The van der Waals surface area contributed by atoms with Crippen molar-refractivity contribution in [3.63, 3.8) is 0 Å². The van der Waals surface area contributed by atoms with Gasteiger partial charge in [0.15, 0.2) is 0 Å². The second-order valence-electron chi connectivity index (χ2n) is 5.93. The molecule has 4 heteroatoms. The van der Waals surface area contributed by atoms with Gasteiger partial charge in [-0.2, -0.15) is 0 Å². The molecule has 0 fully saturated rings. The third-order valence-corrected chi connectivity index (χ3v) is 4.14. The maximum Gasteiger partial charge on any atom is 0.358 e. The Morgan fingerprint density at radius 3 is 2.46 bits per heavy atom. The number of hydrogen-bond acceptors (Lipinski definition) is 4. The summed E-state index contributed by atoms with van der Waals surface area (Å²) in [4.78, 5) is 0. The predicted molar refractivity (Wildman–Crippen MR) is 97.9 cm³/mol. The van der Waals surface area contributed by atoms with Gasteiger partial charge in [0.25, 0.3) is 0 Å². The Labute approximate surface area is 147 Å². The van der Waals surface area contributed by atoms with Crippen LogP contribution in [0.2, 0.25) is 0 Å². The lowest BCUT2D eigenvalue weighted by Gasteiger charge is -2.31. The average molecular weight is 340 g/mol. The number of ether oxygens (including phenoxy) is 3. The highest BCUT2D eigenvalue weighted by molar-refractivity contribution is 7.79. The Bertz CT molecular complexity index is 699. The van der Waals surface area contributed by atoms with Gasteiger partial charge >= 0.3 is 5.24 Å². The van der Waals surface area contributed by atoms with Crippen molar-refractivity contribution in [1.29, 1.82) is 0 Å². The van der Waals surface area contributed by atoms with E-state index in [9.17, 15) is 0 Å². The first-order valence-electron chi connectivity index (χ1n) is 7.94. The SMILES string of the molecule is CC1(OC(=S)Oc2ccccc2)CC=CC1OCc1ccccc1. The standard InChI is InChI=1S/C20H20O3S/c1-20(23-19(24)22-17-11-6-3-7-12-17)14-8-13-18(20)21-15-16-9-4-2-5-10-16/h2-13,18H,14-15H2,1H3. The Balaban J connectivity index is 1.58. The van der Waals surface area contributed by atoms with Crippen LogP contribution in [0.25, 0.3) is 0 Å². The largest absolute Gasteiger partial charge is 0.447 e. The van der Waals surface area contributed by atoms with Crippen molar-refractivity contribution in [2.45, 2.75) is 31.7 Å². The fourth-order valence-electron chi connectivity index (χ4n) is 2.63. The first-order valence-corrected chi connectivity index (χ1v) is 8.35. The maximum atomic E-state index is 6.03. The number of thiocarbonyl (C=S) groups is 1. The summed E-state index contributed by atoms with van der Waals surface area (Å²) in [7, 11) is 0. The average Bonchev–Trinajstić information content (AvgIpc) is 2.95. The lowest BCUT2D eigenvalue weighted by atomic mass is 10.0. The minimum absolute atomic E-state index is 0.112. The van der Waals surface area contributed by atoms with Crippen LogP contribution < -0.4 is 4.74 Å². The normalized spacial score (nSPS) is 22.3. The monoisotopic (exact) mass is 340 g/mol. The van der Waals surface area contributed by atoms with E-state index in [2.05, 4.69) is 6.08 Å². The molecule has 1 aliphatic rings. The minimum atomic E-state index is -0.555. The van der Waals surface area contributed by atoms with Crippen molar-refractivity contribution in [1.82, 2.24) is 0 Å². The molecule has 0 radical (unpaired) electrons. The Kier molecular flexibility index (Phi) is 5.28. The summed E-state index contributed by atoms with van der Waals surface area (Å²) in [6, 6.07) is 19.5. The molecular formula is C20H20O3S. The molecule has 2 atom stereocenters. The van der Waals surface area contributed by atoms with E-state index in [0.717, 1.165) is 12.0 Å². The number of para-hydroxylation sites is 1. The zero-order valence-electron chi connectivity index (χ0n) is 13.6. The van der Waals surface area contributed by atoms with Crippen molar-refractivity contribution >= 4 is 17.5 Å². The van der Waals surface area contributed by atoms with E-state index in [1.807, 2.05) is 73.7 Å². The van der Waals surface area contributed by atoms with E-state index in [4.69, 9.17) is 26.4 Å². The summed E-state index contributed by atoms with van der Waals surface area (Å²) in [5.74, 6) is 0.666. The summed E-state index contributed by atoms with van der Waals surface area (Å²) in [5, 5.41) is 0.112. The minimum Gasteiger partial charge on any atom is -0.447 e. The van der Waals surface area contributed by atoms with E-state index in [1.54, 1.807) is 0 Å². The maximum absolute atomic E-state index is 6.03. The number of rotatable bonds is 5. The fourth-order valence-corrected chi connectivity index (χ4v) is 2.92. The van der Waals surface area contributed by atoms with Gasteiger partial charge < -0.3 is 14.2 Å². The molecule has 2 aromatic rings. The highest BCUT2D eigenvalue weighted by atomic mass is 32.1. The van der Waals surface area contributed by atoms with Gasteiger partial charge in [0.05, 0.1) is 6.61 Å². The van der Waals surface area contributed by atoms with Crippen LogP contribution in [0.1, 0.15) is 18.9 Å². The van der Waals surface area contributed by atoms with Crippen LogP contribution in [-0.4, -0.2) is 16.9 Å². The second-order valence-corrected chi connectivity index (χ2v) is 6.26. The molecule has 0 saturated heterocycles. The highest BCUT2D eigenvalue weighted by Gasteiger charge is 2.39. The summed E-state index contributed by atoms with van der Waals surface area (Å²) in [6.45, 7) is 2.52. The molecule has 0 bridgehead atoms. The van der Waals surface area contributed by atoms with Crippen LogP contribution in [0.3, 0.4) is 0 Å². The van der Waals surface area contributed by atoms with Gasteiger partial charge in [-0.25, -0.2) is 0 Å². The van der Waals surface area contributed by atoms with E-state index in [1.165, 1.54) is 0 Å². The molecule has 0 aromatic heterocycles. The van der Waals surface area contributed by atoms with Gasteiger partial charge in [0, 0.05) is 18.6 Å². The molecule has 0 aliphatic heterocycles. The Hall–Kier alpha value is -2.17. The molecule has 0 saturated carbocycles. The van der Waals surface area contributed by atoms with E-state index >= 15 is 0 Å². The first-order chi connectivity index (χ1) is 11.7. The topological polar surface area (TPSA) is 27.7 Å². The van der Waals surface area contributed by atoms with Crippen molar-refractivity contribution in [3.05, 3.63) is 78.4 Å². The van der Waals surface area contributed by atoms with Crippen molar-refractivity contribution in [2.75, 3.05) is 0 Å². The molecule has 124 valence electrons. The van der Waals surface area contributed by atoms with Gasteiger partial charge in [0.1, 0.15) is 17.5 Å². The third kappa shape index (κ3) is 4.22. The zero-order chi connectivity index (χ0) is 16.8. The molecule has 2 unspecified atom stereocenters. The molecule has 3 rings (SSSR count). The summed E-state index contributed by atoms with van der Waals surface area (Å²) in [6.07, 6.45) is 4.63. The summed E-state index contributed by atoms with van der Waals surface area (Å²) in [5.41, 5.74) is 0.573.